The molecule has 2 amide bonds. The molecule has 1 saturated heterocycles. The van der Waals surface area contributed by atoms with Gasteiger partial charge in [-0.05, 0) is 36.5 Å². The zero-order valence-corrected chi connectivity index (χ0v) is 21.4. The normalized spacial score (nSPS) is 14.8. The molecule has 1 aliphatic heterocycles. The third kappa shape index (κ3) is 10.8. The molecule has 1 heterocycles. The maximum atomic E-state index is 11.6. The van der Waals surface area contributed by atoms with Gasteiger partial charge in [0, 0.05) is 30.4 Å². The number of imide groups is 1. The van der Waals surface area contributed by atoms with Crippen molar-refractivity contribution in [1.82, 2.24) is 10.6 Å². The summed E-state index contributed by atoms with van der Waals surface area (Å²) < 4.78 is 0. The highest BCUT2D eigenvalue weighted by Gasteiger charge is 2.33. The monoisotopic (exact) mass is 457 g/mol. The number of carbonyl (C=O) groups is 3. The van der Waals surface area contributed by atoms with Crippen molar-refractivity contribution >= 4 is 23.2 Å². The van der Waals surface area contributed by atoms with Crippen molar-refractivity contribution in [3.63, 3.8) is 0 Å². The third-order valence-corrected chi connectivity index (χ3v) is 4.81. The number of allylic oxidation sites excluding steroid dienone is 1. The van der Waals surface area contributed by atoms with E-state index in [2.05, 4.69) is 43.9 Å². The van der Waals surface area contributed by atoms with Crippen LogP contribution in [0.15, 0.2) is 50.3 Å². The Bertz CT molecular complexity index is 826. The molecule has 6 heteroatoms. The van der Waals surface area contributed by atoms with Crippen LogP contribution < -0.4 is 16.4 Å². The molecule has 6 nitrogen and oxygen atoms in total. The highest BCUT2D eigenvalue weighted by Crippen LogP contribution is 2.32. The minimum Gasteiger partial charge on any atom is -0.386 e. The highest BCUT2D eigenvalue weighted by atomic mass is 16.2. The number of amides is 2. The van der Waals surface area contributed by atoms with Crippen LogP contribution in [0.2, 0.25) is 0 Å². The molecule has 184 valence electrons. The second-order valence-electron chi connectivity index (χ2n) is 7.71. The second-order valence-corrected chi connectivity index (χ2v) is 7.71. The average molecular weight is 458 g/mol. The van der Waals surface area contributed by atoms with E-state index in [4.69, 9.17) is 5.73 Å². The van der Waals surface area contributed by atoms with Crippen LogP contribution in [0.1, 0.15) is 82.3 Å². The summed E-state index contributed by atoms with van der Waals surface area (Å²) in [7, 11) is 0. The fourth-order valence-corrected chi connectivity index (χ4v) is 3.02. The molecule has 0 aromatic heterocycles. The van der Waals surface area contributed by atoms with Gasteiger partial charge in [0.25, 0.3) is 0 Å². The molecule has 0 unspecified atom stereocenters. The van der Waals surface area contributed by atoms with Gasteiger partial charge in [0.15, 0.2) is 5.78 Å². The van der Waals surface area contributed by atoms with Gasteiger partial charge in [0.2, 0.25) is 11.8 Å². The van der Waals surface area contributed by atoms with Gasteiger partial charge in [-0.3, -0.25) is 19.7 Å². The lowest BCUT2D eigenvalue weighted by atomic mass is 9.84. The Morgan fingerprint density at radius 1 is 1.15 bits per heavy atom. The Labute approximate surface area is 200 Å². The van der Waals surface area contributed by atoms with Gasteiger partial charge in [0.05, 0.1) is 5.82 Å². The van der Waals surface area contributed by atoms with Gasteiger partial charge in [0.1, 0.15) is 0 Å². The fourth-order valence-electron chi connectivity index (χ4n) is 3.02. The number of nitrogens with two attached hydrogens (primary N) is 1. The molecule has 1 aromatic carbocycles. The number of Topliss-reactive ketones (excluding diaryl/α,β-unsaturated/α-hetero) is 1. The number of ketones is 1. The van der Waals surface area contributed by atoms with Crippen LogP contribution in [0.4, 0.5) is 0 Å². The van der Waals surface area contributed by atoms with E-state index < -0.39 is 0 Å². The molecule has 1 fully saturated rings. The predicted octanol–water partition coefficient (Wildman–Crippen LogP) is 5.15. The molecule has 0 spiro atoms. The Kier molecular flexibility index (Phi) is 16.0. The van der Waals surface area contributed by atoms with Gasteiger partial charge in [-0.25, -0.2) is 0 Å². The number of aryl methyl sites for hydroxylation is 1. The third-order valence-electron chi connectivity index (χ3n) is 4.81. The molecule has 1 aliphatic carbocycles. The zero-order chi connectivity index (χ0) is 26.2. The minimum atomic E-state index is -0.353. The lowest BCUT2D eigenvalue weighted by molar-refractivity contribution is -0.140. The van der Waals surface area contributed by atoms with E-state index >= 15 is 0 Å². The van der Waals surface area contributed by atoms with Crippen molar-refractivity contribution < 1.29 is 14.4 Å². The van der Waals surface area contributed by atoms with Crippen molar-refractivity contribution in [3.05, 3.63) is 67.0 Å². The summed E-state index contributed by atoms with van der Waals surface area (Å²) in [6.45, 7) is 25.9. The molecule has 2 aliphatic rings. The number of hydrogen-bond donors (Lipinski definition) is 3. The van der Waals surface area contributed by atoms with Crippen molar-refractivity contribution in [3.8, 4) is 0 Å². The van der Waals surface area contributed by atoms with Crippen molar-refractivity contribution in [2.45, 2.75) is 67.2 Å². The SMILES string of the molecule is C=C.C=C(N)NCC.C=C1CC(=O)c2c(CC)cccc21.CC.CC1(C)CCC(=O)NC1=O. The quantitative estimate of drug-likeness (QED) is 0.430. The first-order valence-electron chi connectivity index (χ1n) is 11.4. The molecule has 4 N–H and O–H groups in total. The molecule has 0 bridgehead atoms. The van der Waals surface area contributed by atoms with Crippen LogP contribution in [0.3, 0.4) is 0 Å². The second kappa shape index (κ2) is 16.5. The lowest BCUT2D eigenvalue weighted by Gasteiger charge is -2.26. The van der Waals surface area contributed by atoms with E-state index in [0.29, 0.717) is 25.1 Å². The summed E-state index contributed by atoms with van der Waals surface area (Å²) in [6.07, 6.45) is 2.56. The van der Waals surface area contributed by atoms with Gasteiger partial charge < -0.3 is 11.1 Å². The standard InChI is InChI=1S/C12H12O.C7H11NO2.C4H10N2.C2H6.C2H4/c1-3-9-5-4-6-10-8(2)7-11(13)12(9)10;1-7(2)4-3-5(9)8-6(7)10;1-3-6-4(2)5;2*1-2/h4-6H,2-3,7H2,1H3;3-4H2,1-2H3,(H,8,9,10);6H,2-3,5H2,1H3;1-2H3;1-2H2. The van der Waals surface area contributed by atoms with E-state index in [0.717, 1.165) is 35.2 Å². The van der Waals surface area contributed by atoms with Gasteiger partial charge in [-0.2, -0.15) is 0 Å². The van der Waals surface area contributed by atoms with E-state index in [1.54, 1.807) is 0 Å². The van der Waals surface area contributed by atoms with E-state index in [9.17, 15) is 14.4 Å². The topological polar surface area (TPSA) is 101 Å². The predicted molar refractivity (Wildman–Crippen MR) is 140 cm³/mol. The van der Waals surface area contributed by atoms with Gasteiger partial charge >= 0.3 is 0 Å². The van der Waals surface area contributed by atoms with Gasteiger partial charge in [-0.1, -0.05) is 66.0 Å². The van der Waals surface area contributed by atoms with Crippen molar-refractivity contribution in [2.75, 3.05) is 6.54 Å². The summed E-state index contributed by atoms with van der Waals surface area (Å²) in [5, 5.41) is 5.08. The molecule has 33 heavy (non-hydrogen) atoms. The van der Waals surface area contributed by atoms with Crippen LogP contribution in [0.5, 0.6) is 0 Å². The molecule has 0 radical (unpaired) electrons. The number of nitrogens with one attached hydrogen (secondary N) is 2. The summed E-state index contributed by atoms with van der Waals surface area (Å²) in [6, 6.07) is 6.01. The lowest BCUT2D eigenvalue weighted by Crippen LogP contribution is -2.45. The number of rotatable bonds is 3. The Hall–Kier alpha value is -3.15. The minimum absolute atomic E-state index is 0.149. The maximum Gasteiger partial charge on any atom is 0.232 e. The molecular formula is C27H43N3O3. The average Bonchev–Trinajstić information content (AvgIpc) is 3.09. The molecule has 0 atom stereocenters. The number of hydrogen-bond acceptors (Lipinski definition) is 5. The summed E-state index contributed by atoms with van der Waals surface area (Å²) in [5.74, 6) is 0.475. The van der Waals surface area contributed by atoms with Gasteiger partial charge in [-0.15, -0.1) is 13.2 Å². The van der Waals surface area contributed by atoms with Crippen LogP contribution >= 0.6 is 0 Å². The molecule has 0 saturated carbocycles. The Balaban J connectivity index is 0. The number of fused-ring (bicyclic) bond motifs is 1. The zero-order valence-electron chi connectivity index (χ0n) is 21.4. The first-order valence-corrected chi connectivity index (χ1v) is 11.4. The summed E-state index contributed by atoms with van der Waals surface area (Å²) in [5.41, 5.74) is 8.84. The summed E-state index contributed by atoms with van der Waals surface area (Å²) in [4.78, 5) is 33.2. The first kappa shape index (κ1) is 32.0. The number of piperidine rings is 1. The van der Waals surface area contributed by atoms with Crippen LogP contribution in [0, 0.1) is 5.41 Å². The van der Waals surface area contributed by atoms with E-state index in [-0.39, 0.29) is 23.0 Å². The van der Waals surface area contributed by atoms with Crippen LogP contribution in [0.25, 0.3) is 5.57 Å². The van der Waals surface area contributed by atoms with Crippen molar-refractivity contribution in [1.29, 1.82) is 0 Å². The largest absolute Gasteiger partial charge is 0.386 e. The van der Waals surface area contributed by atoms with E-state index in [1.165, 1.54) is 0 Å². The first-order chi connectivity index (χ1) is 15.5. The fraction of sp³-hybridized carbons (Fsp3) is 0.444. The van der Waals surface area contributed by atoms with Crippen LogP contribution in [-0.2, 0) is 16.0 Å². The molecular weight excluding hydrogens is 414 g/mol. The Morgan fingerprint density at radius 2 is 1.73 bits per heavy atom. The van der Waals surface area contributed by atoms with Crippen LogP contribution in [-0.4, -0.2) is 24.1 Å². The maximum absolute atomic E-state index is 11.6. The van der Waals surface area contributed by atoms with Crippen molar-refractivity contribution in [2.24, 2.45) is 11.1 Å². The smallest absolute Gasteiger partial charge is 0.232 e. The highest BCUT2D eigenvalue weighted by molar-refractivity contribution is 6.12. The number of carbonyl (C=O) groups excluding carboxylic acids is 3. The number of benzene rings is 1. The summed E-state index contributed by atoms with van der Waals surface area (Å²) >= 11 is 0. The van der Waals surface area contributed by atoms with E-state index in [1.807, 2.05) is 52.8 Å². The Morgan fingerprint density at radius 3 is 2.12 bits per heavy atom. The molecule has 3 rings (SSSR count). The molecule has 1 aromatic rings.